The lowest BCUT2D eigenvalue weighted by molar-refractivity contribution is -0.123. The highest BCUT2D eigenvalue weighted by Crippen LogP contribution is 2.35. The predicted octanol–water partition coefficient (Wildman–Crippen LogP) is 2.63. The summed E-state index contributed by atoms with van der Waals surface area (Å²) in [7, 11) is 1.55. The number of halogens is 1. The molecule has 2 amide bonds. The fourth-order valence-electron chi connectivity index (χ4n) is 3.26. The number of rotatable bonds is 7. The Morgan fingerprint density at radius 2 is 2.11 bits per heavy atom. The van der Waals surface area contributed by atoms with Crippen LogP contribution in [0.25, 0.3) is 0 Å². The highest BCUT2D eigenvalue weighted by molar-refractivity contribution is 5.88. The fraction of sp³-hybridized carbons (Fsp3) is 0.238. The molecule has 3 rings (SSSR count). The first-order chi connectivity index (χ1) is 13.0. The summed E-state index contributed by atoms with van der Waals surface area (Å²) in [5.74, 6) is -0.658. The van der Waals surface area contributed by atoms with Crippen molar-refractivity contribution in [2.45, 2.75) is 18.4 Å². The summed E-state index contributed by atoms with van der Waals surface area (Å²) < 4.78 is 18.8. The molecule has 2 atom stereocenters. The Morgan fingerprint density at radius 1 is 1.33 bits per heavy atom. The number of methoxy groups -OCH3 is 1. The molecule has 2 aromatic rings. The van der Waals surface area contributed by atoms with Gasteiger partial charge in [-0.05, 0) is 41.8 Å². The molecule has 0 radical (unpaired) electrons. The SMILES string of the molecule is C=CC(=O)NC(CNC(=O)C1Cc2ccc(F)cc21)c1ccccc1OC. The molecule has 0 heterocycles. The van der Waals surface area contributed by atoms with Gasteiger partial charge in [-0.1, -0.05) is 30.8 Å². The van der Waals surface area contributed by atoms with Crippen LogP contribution >= 0.6 is 0 Å². The van der Waals surface area contributed by atoms with Gasteiger partial charge in [0.1, 0.15) is 11.6 Å². The molecule has 0 spiro atoms. The molecular formula is C21H21FN2O3. The highest BCUT2D eigenvalue weighted by Gasteiger charge is 2.33. The molecule has 6 heteroatoms. The molecule has 0 aromatic heterocycles. The third-order valence-electron chi connectivity index (χ3n) is 4.72. The molecule has 27 heavy (non-hydrogen) atoms. The Balaban J connectivity index is 1.72. The zero-order valence-electron chi connectivity index (χ0n) is 15.0. The van der Waals surface area contributed by atoms with Crippen LogP contribution < -0.4 is 15.4 Å². The van der Waals surface area contributed by atoms with E-state index in [9.17, 15) is 14.0 Å². The quantitative estimate of drug-likeness (QED) is 0.739. The van der Waals surface area contributed by atoms with Gasteiger partial charge in [0.2, 0.25) is 11.8 Å². The zero-order valence-corrected chi connectivity index (χ0v) is 15.0. The molecule has 2 N–H and O–H groups in total. The van der Waals surface area contributed by atoms with Crippen molar-refractivity contribution in [1.29, 1.82) is 0 Å². The molecule has 0 aliphatic heterocycles. The lowest BCUT2D eigenvalue weighted by Crippen LogP contribution is -2.41. The summed E-state index contributed by atoms with van der Waals surface area (Å²) in [5.41, 5.74) is 2.45. The summed E-state index contributed by atoms with van der Waals surface area (Å²) in [6.45, 7) is 3.64. The lowest BCUT2D eigenvalue weighted by atomic mass is 9.77. The van der Waals surface area contributed by atoms with E-state index >= 15 is 0 Å². The van der Waals surface area contributed by atoms with E-state index in [1.165, 1.54) is 18.2 Å². The monoisotopic (exact) mass is 368 g/mol. The first-order valence-electron chi connectivity index (χ1n) is 8.65. The smallest absolute Gasteiger partial charge is 0.243 e. The summed E-state index contributed by atoms with van der Waals surface area (Å²) in [5, 5.41) is 5.66. The van der Waals surface area contributed by atoms with E-state index in [2.05, 4.69) is 17.2 Å². The minimum atomic E-state index is -0.484. The first-order valence-corrected chi connectivity index (χ1v) is 8.65. The maximum Gasteiger partial charge on any atom is 0.243 e. The minimum absolute atomic E-state index is 0.180. The van der Waals surface area contributed by atoms with Crippen molar-refractivity contribution in [2.24, 2.45) is 0 Å². The highest BCUT2D eigenvalue weighted by atomic mass is 19.1. The van der Waals surface area contributed by atoms with Crippen LogP contribution in [0.1, 0.15) is 28.7 Å². The number of benzene rings is 2. The molecule has 0 saturated carbocycles. The number of amides is 2. The molecule has 140 valence electrons. The molecule has 1 aliphatic rings. The molecule has 0 saturated heterocycles. The van der Waals surface area contributed by atoms with Crippen LogP contribution in [0.4, 0.5) is 4.39 Å². The lowest BCUT2D eigenvalue weighted by Gasteiger charge is -2.30. The molecule has 0 bridgehead atoms. The van der Waals surface area contributed by atoms with Crippen LogP contribution in [0.15, 0.2) is 55.1 Å². The van der Waals surface area contributed by atoms with Crippen molar-refractivity contribution in [3.63, 3.8) is 0 Å². The van der Waals surface area contributed by atoms with Crippen LogP contribution in [0.2, 0.25) is 0 Å². The number of fused-ring (bicyclic) bond motifs is 1. The van der Waals surface area contributed by atoms with E-state index in [1.807, 2.05) is 18.2 Å². The summed E-state index contributed by atoms with van der Waals surface area (Å²) in [6.07, 6.45) is 1.76. The molecule has 1 aliphatic carbocycles. The van der Waals surface area contributed by atoms with Gasteiger partial charge in [-0.25, -0.2) is 4.39 Å². The van der Waals surface area contributed by atoms with Gasteiger partial charge >= 0.3 is 0 Å². The van der Waals surface area contributed by atoms with Gasteiger partial charge in [-0.2, -0.15) is 0 Å². The largest absolute Gasteiger partial charge is 0.496 e. The van der Waals surface area contributed by atoms with Gasteiger partial charge in [0.05, 0.1) is 19.1 Å². The van der Waals surface area contributed by atoms with Gasteiger partial charge < -0.3 is 15.4 Å². The Labute approximate surface area is 157 Å². The summed E-state index contributed by atoms with van der Waals surface area (Å²) >= 11 is 0. The van der Waals surface area contributed by atoms with Gasteiger partial charge in [-0.15, -0.1) is 0 Å². The Hall–Kier alpha value is -3.15. The molecule has 2 unspecified atom stereocenters. The van der Waals surface area contributed by atoms with Crippen LogP contribution in [0.3, 0.4) is 0 Å². The van der Waals surface area contributed by atoms with E-state index in [-0.39, 0.29) is 30.1 Å². The van der Waals surface area contributed by atoms with Crippen LogP contribution in [-0.4, -0.2) is 25.5 Å². The second-order valence-electron chi connectivity index (χ2n) is 6.35. The average Bonchev–Trinajstić information content (AvgIpc) is 2.67. The van der Waals surface area contributed by atoms with Crippen molar-refractivity contribution in [1.82, 2.24) is 10.6 Å². The second-order valence-corrected chi connectivity index (χ2v) is 6.35. The number of carbonyl (C=O) groups excluding carboxylic acids is 2. The van der Waals surface area contributed by atoms with E-state index in [0.29, 0.717) is 12.2 Å². The van der Waals surface area contributed by atoms with E-state index in [1.54, 1.807) is 19.2 Å². The van der Waals surface area contributed by atoms with Crippen molar-refractivity contribution in [2.75, 3.05) is 13.7 Å². The Morgan fingerprint density at radius 3 is 2.85 bits per heavy atom. The zero-order chi connectivity index (χ0) is 19.4. The van der Waals surface area contributed by atoms with Gasteiger partial charge in [0.15, 0.2) is 0 Å². The first kappa shape index (κ1) is 18.6. The van der Waals surface area contributed by atoms with E-state index < -0.39 is 6.04 Å². The maximum atomic E-state index is 13.4. The summed E-state index contributed by atoms with van der Waals surface area (Å²) in [6, 6.07) is 11.3. The second kappa shape index (κ2) is 8.03. The Kier molecular flexibility index (Phi) is 5.54. The third kappa shape index (κ3) is 4.00. The number of hydrogen-bond acceptors (Lipinski definition) is 3. The number of hydrogen-bond donors (Lipinski definition) is 2. The normalized spacial score (nSPS) is 15.7. The van der Waals surface area contributed by atoms with Crippen molar-refractivity contribution in [3.8, 4) is 5.75 Å². The average molecular weight is 368 g/mol. The third-order valence-corrected chi connectivity index (χ3v) is 4.72. The predicted molar refractivity (Wildman–Crippen MR) is 99.9 cm³/mol. The molecular weight excluding hydrogens is 347 g/mol. The van der Waals surface area contributed by atoms with E-state index in [4.69, 9.17) is 4.74 Å². The van der Waals surface area contributed by atoms with Crippen LogP contribution in [-0.2, 0) is 16.0 Å². The number of para-hydroxylation sites is 1. The van der Waals surface area contributed by atoms with Gasteiger partial charge in [-0.3, -0.25) is 9.59 Å². The van der Waals surface area contributed by atoms with E-state index in [0.717, 1.165) is 16.7 Å². The minimum Gasteiger partial charge on any atom is -0.496 e. The fourth-order valence-corrected chi connectivity index (χ4v) is 3.26. The van der Waals surface area contributed by atoms with Crippen molar-refractivity contribution >= 4 is 11.8 Å². The van der Waals surface area contributed by atoms with Crippen molar-refractivity contribution < 1.29 is 18.7 Å². The topological polar surface area (TPSA) is 67.4 Å². The number of ether oxygens (including phenoxy) is 1. The Bertz CT molecular complexity index is 881. The van der Waals surface area contributed by atoms with Crippen LogP contribution in [0.5, 0.6) is 5.75 Å². The van der Waals surface area contributed by atoms with Gasteiger partial charge in [0, 0.05) is 12.1 Å². The molecule has 0 fully saturated rings. The maximum absolute atomic E-state index is 13.4. The van der Waals surface area contributed by atoms with Crippen molar-refractivity contribution in [3.05, 3.63) is 77.6 Å². The van der Waals surface area contributed by atoms with Crippen LogP contribution in [0, 0.1) is 5.82 Å². The molecule has 2 aromatic carbocycles. The summed E-state index contributed by atoms with van der Waals surface area (Å²) in [4.78, 5) is 24.4. The number of nitrogens with one attached hydrogen (secondary N) is 2. The standard InChI is InChI=1S/C21H21FN2O3/c1-3-20(25)24-18(15-6-4-5-7-19(15)27-2)12-23-21(26)17-10-13-8-9-14(22)11-16(13)17/h3-9,11,17-18H,1,10,12H2,2H3,(H,23,26)(H,24,25). The number of carbonyl (C=O) groups is 2. The molecule has 5 nitrogen and oxygen atoms in total. The van der Waals surface area contributed by atoms with Gasteiger partial charge in [0.25, 0.3) is 0 Å².